The summed E-state index contributed by atoms with van der Waals surface area (Å²) in [4.78, 5) is 3.97. The fraction of sp³-hybridized carbons (Fsp3) is 0.400. The van der Waals surface area contributed by atoms with Crippen molar-refractivity contribution in [1.29, 1.82) is 5.26 Å². The minimum Gasteiger partial charge on any atom is -0.255 e. The molecule has 1 heterocycles. The normalized spacial score (nSPS) is 10.4. The number of hydrogen-bond acceptors (Lipinski definition) is 2. The summed E-state index contributed by atoms with van der Waals surface area (Å²) < 4.78 is 25.1. The number of pyridine rings is 1. The number of alkyl halides is 3. The zero-order valence-electron chi connectivity index (χ0n) is 8.10. The molecule has 0 amide bonds. The van der Waals surface area contributed by atoms with Crippen LogP contribution in [0.1, 0.15) is 28.9 Å². The highest BCUT2D eigenvalue weighted by Gasteiger charge is 2.16. The minimum atomic E-state index is -2.58. The second-order valence-corrected chi connectivity index (χ2v) is 3.32. The van der Waals surface area contributed by atoms with Gasteiger partial charge in [-0.05, 0) is 18.6 Å². The average molecular weight is 231 g/mol. The van der Waals surface area contributed by atoms with E-state index >= 15 is 0 Å². The number of halogens is 3. The van der Waals surface area contributed by atoms with Crippen LogP contribution in [0.5, 0.6) is 0 Å². The van der Waals surface area contributed by atoms with E-state index in [9.17, 15) is 8.78 Å². The second-order valence-electron chi connectivity index (χ2n) is 3.06. The molecule has 1 aromatic heterocycles. The molecule has 1 aromatic rings. The van der Waals surface area contributed by atoms with E-state index in [0.29, 0.717) is 11.3 Å². The van der Waals surface area contributed by atoms with Gasteiger partial charge in [-0.2, -0.15) is 5.26 Å². The average Bonchev–Trinajstić information content (AvgIpc) is 2.20. The highest BCUT2D eigenvalue weighted by atomic mass is 35.5. The van der Waals surface area contributed by atoms with Crippen LogP contribution in [0.25, 0.3) is 0 Å². The predicted molar refractivity (Wildman–Crippen MR) is 52.8 cm³/mol. The maximum atomic E-state index is 12.5. The molecule has 0 N–H and O–H groups in total. The standard InChI is InChI=1S/C10H9ClF2N2/c1-6-4-7(10(12)13)9(5-11)15-8(6)2-3-14/h4,10H,2,5H2,1H3. The summed E-state index contributed by atoms with van der Waals surface area (Å²) in [5.41, 5.74) is 1.12. The first-order chi connectivity index (χ1) is 7.10. The molecule has 0 aliphatic heterocycles. The van der Waals surface area contributed by atoms with Crippen LogP contribution in [0, 0.1) is 18.3 Å². The van der Waals surface area contributed by atoms with E-state index in [4.69, 9.17) is 16.9 Å². The Morgan fingerprint density at radius 1 is 1.53 bits per heavy atom. The molecule has 0 radical (unpaired) electrons. The van der Waals surface area contributed by atoms with Crippen molar-refractivity contribution in [3.8, 4) is 6.07 Å². The summed E-state index contributed by atoms with van der Waals surface area (Å²) in [7, 11) is 0. The van der Waals surface area contributed by atoms with Gasteiger partial charge in [-0.25, -0.2) is 8.78 Å². The van der Waals surface area contributed by atoms with Crippen LogP contribution in [0.15, 0.2) is 6.07 Å². The third-order valence-electron chi connectivity index (χ3n) is 2.04. The second kappa shape index (κ2) is 5.04. The lowest BCUT2D eigenvalue weighted by molar-refractivity contribution is 0.150. The van der Waals surface area contributed by atoms with E-state index in [1.807, 2.05) is 6.07 Å². The third-order valence-corrected chi connectivity index (χ3v) is 2.29. The van der Waals surface area contributed by atoms with Gasteiger partial charge in [-0.1, -0.05) is 0 Å². The van der Waals surface area contributed by atoms with Gasteiger partial charge >= 0.3 is 0 Å². The molecule has 0 bridgehead atoms. The van der Waals surface area contributed by atoms with Crippen molar-refractivity contribution < 1.29 is 8.78 Å². The number of hydrogen-bond donors (Lipinski definition) is 0. The summed E-state index contributed by atoms with van der Waals surface area (Å²) in [6.45, 7) is 1.66. The van der Waals surface area contributed by atoms with Gasteiger partial charge in [-0.15, -0.1) is 11.6 Å². The number of nitriles is 1. The molecule has 2 nitrogen and oxygen atoms in total. The van der Waals surface area contributed by atoms with E-state index in [1.165, 1.54) is 6.07 Å². The monoisotopic (exact) mass is 230 g/mol. The molecule has 0 unspecified atom stereocenters. The molecule has 5 heteroatoms. The van der Waals surface area contributed by atoms with E-state index in [1.54, 1.807) is 6.92 Å². The topological polar surface area (TPSA) is 36.7 Å². The Morgan fingerprint density at radius 3 is 2.67 bits per heavy atom. The molecule has 0 spiro atoms. The van der Waals surface area contributed by atoms with E-state index in [-0.39, 0.29) is 23.6 Å². The zero-order valence-corrected chi connectivity index (χ0v) is 8.85. The van der Waals surface area contributed by atoms with Crippen LogP contribution in [0.3, 0.4) is 0 Å². The maximum Gasteiger partial charge on any atom is 0.265 e. The fourth-order valence-electron chi connectivity index (χ4n) is 1.27. The lowest BCUT2D eigenvalue weighted by Crippen LogP contribution is -2.03. The molecule has 15 heavy (non-hydrogen) atoms. The SMILES string of the molecule is Cc1cc(C(F)F)c(CCl)nc1CC#N. The third kappa shape index (κ3) is 2.63. The van der Waals surface area contributed by atoms with E-state index < -0.39 is 6.43 Å². The quantitative estimate of drug-likeness (QED) is 0.748. The van der Waals surface area contributed by atoms with Crippen molar-refractivity contribution in [2.45, 2.75) is 25.7 Å². The van der Waals surface area contributed by atoms with Crippen molar-refractivity contribution in [3.63, 3.8) is 0 Å². The molecule has 0 fully saturated rings. The molecule has 0 saturated carbocycles. The summed E-state index contributed by atoms with van der Waals surface area (Å²) in [6, 6.07) is 3.28. The van der Waals surface area contributed by atoms with Gasteiger partial charge in [-0.3, -0.25) is 4.98 Å². The Morgan fingerprint density at radius 2 is 2.20 bits per heavy atom. The van der Waals surface area contributed by atoms with Crippen LogP contribution in [-0.4, -0.2) is 4.98 Å². The van der Waals surface area contributed by atoms with Crippen molar-refractivity contribution in [3.05, 3.63) is 28.6 Å². The zero-order chi connectivity index (χ0) is 11.4. The molecule has 0 aromatic carbocycles. The van der Waals surface area contributed by atoms with Crippen LogP contribution < -0.4 is 0 Å². The number of aryl methyl sites for hydroxylation is 1. The van der Waals surface area contributed by atoms with Crippen molar-refractivity contribution >= 4 is 11.6 Å². The van der Waals surface area contributed by atoms with Crippen molar-refractivity contribution in [2.24, 2.45) is 0 Å². The van der Waals surface area contributed by atoms with Gasteiger partial charge in [0, 0.05) is 5.56 Å². The summed E-state index contributed by atoms with van der Waals surface area (Å²) >= 11 is 5.52. The van der Waals surface area contributed by atoms with E-state index in [2.05, 4.69) is 4.98 Å². The molecule has 80 valence electrons. The number of rotatable bonds is 3. The predicted octanol–water partition coefficient (Wildman–Crippen LogP) is 3.13. The van der Waals surface area contributed by atoms with Crippen LogP contribution in [0.4, 0.5) is 8.78 Å². The lowest BCUT2D eigenvalue weighted by atomic mass is 10.1. The van der Waals surface area contributed by atoms with Gasteiger partial charge in [0.25, 0.3) is 6.43 Å². The molecule has 0 atom stereocenters. The minimum absolute atomic E-state index is 0.0710. The largest absolute Gasteiger partial charge is 0.265 e. The van der Waals surface area contributed by atoms with E-state index in [0.717, 1.165) is 0 Å². The molecule has 0 saturated heterocycles. The van der Waals surface area contributed by atoms with Gasteiger partial charge < -0.3 is 0 Å². The number of aromatic nitrogens is 1. The Bertz CT molecular complexity index is 399. The molecular formula is C10H9ClF2N2. The van der Waals surface area contributed by atoms with Crippen LogP contribution in [-0.2, 0) is 12.3 Å². The highest BCUT2D eigenvalue weighted by Crippen LogP contribution is 2.25. The smallest absolute Gasteiger partial charge is 0.255 e. The first-order valence-corrected chi connectivity index (χ1v) is 4.84. The highest BCUT2D eigenvalue weighted by molar-refractivity contribution is 6.17. The molecule has 0 aliphatic rings. The summed E-state index contributed by atoms with van der Waals surface area (Å²) in [6.07, 6.45) is -2.47. The molecule has 0 aliphatic carbocycles. The van der Waals surface area contributed by atoms with Crippen molar-refractivity contribution in [2.75, 3.05) is 0 Å². The lowest BCUT2D eigenvalue weighted by Gasteiger charge is -2.09. The van der Waals surface area contributed by atoms with Gasteiger partial charge in [0.05, 0.1) is 29.8 Å². The first kappa shape index (κ1) is 11.9. The molecular weight excluding hydrogens is 222 g/mol. The van der Waals surface area contributed by atoms with Gasteiger partial charge in [0.15, 0.2) is 0 Å². The Hall–Kier alpha value is -1.21. The maximum absolute atomic E-state index is 12.5. The van der Waals surface area contributed by atoms with Crippen LogP contribution >= 0.6 is 11.6 Å². The fourth-order valence-corrected chi connectivity index (χ4v) is 1.48. The van der Waals surface area contributed by atoms with Crippen LogP contribution in [0.2, 0.25) is 0 Å². The Labute approximate surface area is 91.5 Å². The van der Waals surface area contributed by atoms with Gasteiger partial charge in [0.2, 0.25) is 0 Å². The molecule has 1 rings (SSSR count). The van der Waals surface area contributed by atoms with Gasteiger partial charge in [0.1, 0.15) is 0 Å². The Kier molecular flexibility index (Phi) is 3.98. The van der Waals surface area contributed by atoms with Crippen molar-refractivity contribution in [1.82, 2.24) is 4.98 Å². The summed E-state index contributed by atoms with van der Waals surface area (Å²) in [5.74, 6) is -0.0710. The summed E-state index contributed by atoms with van der Waals surface area (Å²) in [5, 5.41) is 8.52. The first-order valence-electron chi connectivity index (χ1n) is 4.30. The Balaban J connectivity index is 3.24. The number of nitrogens with zero attached hydrogens (tertiary/aromatic N) is 2.